The first-order chi connectivity index (χ1) is 9.81. The van der Waals surface area contributed by atoms with Crippen molar-refractivity contribution in [3.63, 3.8) is 0 Å². The van der Waals surface area contributed by atoms with E-state index in [1.807, 2.05) is 19.9 Å². The average molecular weight is 290 g/mol. The van der Waals surface area contributed by atoms with Crippen LogP contribution in [0.3, 0.4) is 0 Å². The Hall–Kier alpha value is -2.36. The Morgan fingerprint density at radius 3 is 2.14 bits per heavy atom. The SMILES string of the molecule is C\C=C(/C=C(C)/C=C(C)/C=C/C=C(\C)C(=O)O)C(=O)OC. The zero-order valence-corrected chi connectivity index (χ0v) is 13.1. The molecule has 0 aromatic carbocycles. The highest BCUT2D eigenvalue weighted by molar-refractivity contribution is 5.91. The van der Waals surface area contributed by atoms with E-state index >= 15 is 0 Å². The molecule has 0 saturated heterocycles. The molecule has 0 spiro atoms. The van der Waals surface area contributed by atoms with Crippen molar-refractivity contribution in [2.45, 2.75) is 27.7 Å². The third-order valence-electron chi connectivity index (χ3n) is 2.61. The number of carboxylic acid groups (broad SMARTS) is 1. The zero-order valence-electron chi connectivity index (χ0n) is 13.1. The number of carbonyl (C=O) groups is 2. The first-order valence-electron chi connectivity index (χ1n) is 6.51. The lowest BCUT2D eigenvalue weighted by Gasteiger charge is -2.00. The van der Waals surface area contributed by atoms with Gasteiger partial charge in [-0.05, 0) is 33.8 Å². The van der Waals surface area contributed by atoms with Gasteiger partial charge in [0.15, 0.2) is 0 Å². The first-order valence-corrected chi connectivity index (χ1v) is 6.51. The summed E-state index contributed by atoms with van der Waals surface area (Å²) in [5, 5.41) is 8.72. The zero-order chi connectivity index (χ0) is 16.4. The largest absolute Gasteiger partial charge is 0.478 e. The molecular weight excluding hydrogens is 268 g/mol. The minimum atomic E-state index is -0.937. The van der Waals surface area contributed by atoms with E-state index in [2.05, 4.69) is 4.74 Å². The van der Waals surface area contributed by atoms with Gasteiger partial charge in [0.1, 0.15) is 0 Å². The maximum atomic E-state index is 11.4. The van der Waals surface area contributed by atoms with Gasteiger partial charge < -0.3 is 9.84 Å². The summed E-state index contributed by atoms with van der Waals surface area (Å²) in [5.41, 5.74) is 2.60. The number of hydrogen-bond acceptors (Lipinski definition) is 3. The molecule has 21 heavy (non-hydrogen) atoms. The molecule has 0 saturated carbocycles. The molecule has 0 radical (unpaired) electrons. The van der Waals surface area contributed by atoms with Gasteiger partial charge in [-0.25, -0.2) is 9.59 Å². The van der Waals surface area contributed by atoms with Crippen LogP contribution in [0.1, 0.15) is 27.7 Å². The molecular formula is C17H22O4. The number of methoxy groups -OCH3 is 1. The predicted molar refractivity (Wildman–Crippen MR) is 83.8 cm³/mol. The molecule has 4 heteroatoms. The fourth-order valence-electron chi connectivity index (χ4n) is 1.49. The molecule has 1 N–H and O–H groups in total. The summed E-state index contributed by atoms with van der Waals surface area (Å²) in [4.78, 5) is 22.1. The molecule has 0 aliphatic carbocycles. The van der Waals surface area contributed by atoms with Gasteiger partial charge in [-0.15, -0.1) is 0 Å². The van der Waals surface area contributed by atoms with E-state index in [9.17, 15) is 9.59 Å². The van der Waals surface area contributed by atoms with Crippen LogP contribution in [-0.4, -0.2) is 24.2 Å². The van der Waals surface area contributed by atoms with Crippen LogP contribution in [0, 0.1) is 0 Å². The Morgan fingerprint density at radius 2 is 1.67 bits per heavy atom. The van der Waals surface area contributed by atoms with E-state index in [0.717, 1.165) is 11.1 Å². The number of allylic oxidation sites excluding steroid dienone is 7. The second-order valence-corrected chi connectivity index (χ2v) is 4.53. The maximum Gasteiger partial charge on any atom is 0.337 e. The molecule has 0 heterocycles. The van der Waals surface area contributed by atoms with Crippen molar-refractivity contribution in [1.82, 2.24) is 0 Å². The van der Waals surface area contributed by atoms with E-state index < -0.39 is 5.97 Å². The number of rotatable bonds is 6. The molecule has 0 aliphatic heterocycles. The van der Waals surface area contributed by atoms with Gasteiger partial charge in [0.2, 0.25) is 0 Å². The number of aliphatic carboxylic acids is 1. The van der Waals surface area contributed by atoms with E-state index in [1.165, 1.54) is 20.1 Å². The van der Waals surface area contributed by atoms with Crippen LogP contribution in [-0.2, 0) is 14.3 Å². The number of hydrogen-bond donors (Lipinski definition) is 1. The van der Waals surface area contributed by atoms with Crippen molar-refractivity contribution in [3.05, 3.63) is 58.7 Å². The highest BCUT2D eigenvalue weighted by atomic mass is 16.5. The quantitative estimate of drug-likeness (QED) is 0.461. The minimum absolute atomic E-state index is 0.271. The predicted octanol–water partition coefficient (Wildman–Crippen LogP) is 3.59. The van der Waals surface area contributed by atoms with E-state index in [1.54, 1.807) is 31.2 Å². The maximum absolute atomic E-state index is 11.4. The lowest BCUT2D eigenvalue weighted by atomic mass is 10.1. The average Bonchev–Trinajstić information content (AvgIpc) is 2.43. The summed E-state index contributed by atoms with van der Waals surface area (Å²) < 4.78 is 4.67. The Bertz CT molecular complexity index is 543. The summed E-state index contributed by atoms with van der Waals surface area (Å²) >= 11 is 0. The molecule has 0 aromatic heterocycles. The summed E-state index contributed by atoms with van der Waals surface area (Å²) in [6.45, 7) is 7.07. The fraction of sp³-hybridized carbons (Fsp3) is 0.294. The van der Waals surface area contributed by atoms with E-state index in [0.29, 0.717) is 5.57 Å². The topological polar surface area (TPSA) is 63.6 Å². The van der Waals surface area contributed by atoms with Gasteiger partial charge in [0, 0.05) is 5.57 Å². The molecule has 0 unspecified atom stereocenters. The lowest BCUT2D eigenvalue weighted by molar-refractivity contribution is -0.135. The van der Waals surface area contributed by atoms with Crippen molar-refractivity contribution >= 4 is 11.9 Å². The molecule has 114 valence electrons. The Labute approximate surface area is 125 Å². The standard InChI is InChI=1S/C17H22O4/c1-6-15(17(20)21-5)11-13(3)10-12(2)8-7-9-14(4)16(18)19/h6-11H,1-5H3,(H,18,19)/b8-7+,12-10+,13-11+,14-9+,15-6+. The monoisotopic (exact) mass is 290 g/mol. The molecule has 4 nitrogen and oxygen atoms in total. The normalized spacial score (nSPS) is 14.5. The van der Waals surface area contributed by atoms with Crippen molar-refractivity contribution in [3.8, 4) is 0 Å². The highest BCUT2D eigenvalue weighted by Crippen LogP contribution is 2.09. The molecule has 0 amide bonds. The summed E-state index contributed by atoms with van der Waals surface area (Å²) in [6.07, 6.45) is 10.3. The summed E-state index contributed by atoms with van der Waals surface area (Å²) in [5.74, 6) is -1.31. The summed E-state index contributed by atoms with van der Waals surface area (Å²) in [7, 11) is 1.34. The molecule has 0 atom stereocenters. The van der Waals surface area contributed by atoms with Gasteiger partial charge in [0.05, 0.1) is 12.7 Å². The van der Waals surface area contributed by atoms with Crippen molar-refractivity contribution in [2.75, 3.05) is 7.11 Å². The second kappa shape index (κ2) is 9.53. The smallest absolute Gasteiger partial charge is 0.337 e. The van der Waals surface area contributed by atoms with E-state index in [-0.39, 0.29) is 11.5 Å². The van der Waals surface area contributed by atoms with Crippen molar-refractivity contribution < 1.29 is 19.4 Å². The second-order valence-electron chi connectivity index (χ2n) is 4.53. The van der Waals surface area contributed by atoms with Crippen molar-refractivity contribution in [2.24, 2.45) is 0 Å². The number of ether oxygens (including phenoxy) is 1. The van der Waals surface area contributed by atoms with Gasteiger partial charge >= 0.3 is 11.9 Å². The molecule has 0 aliphatic rings. The number of carboxylic acids is 1. The van der Waals surface area contributed by atoms with Crippen molar-refractivity contribution in [1.29, 1.82) is 0 Å². The van der Waals surface area contributed by atoms with Crippen LogP contribution < -0.4 is 0 Å². The minimum Gasteiger partial charge on any atom is -0.478 e. The van der Waals surface area contributed by atoms with Crippen LogP contribution in [0.4, 0.5) is 0 Å². The molecule has 0 fully saturated rings. The Balaban J connectivity index is 4.99. The number of esters is 1. The summed E-state index contributed by atoms with van der Waals surface area (Å²) in [6, 6.07) is 0. The first kappa shape index (κ1) is 18.6. The van der Waals surface area contributed by atoms with Gasteiger partial charge in [-0.1, -0.05) is 41.5 Å². The Morgan fingerprint density at radius 1 is 1.05 bits per heavy atom. The lowest BCUT2D eigenvalue weighted by Crippen LogP contribution is -2.02. The molecule has 0 aromatic rings. The van der Waals surface area contributed by atoms with Gasteiger partial charge in [0.25, 0.3) is 0 Å². The van der Waals surface area contributed by atoms with Crippen LogP contribution in [0.15, 0.2) is 58.7 Å². The molecule has 0 bridgehead atoms. The third kappa shape index (κ3) is 7.72. The van der Waals surface area contributed by atoms with E-state index in [4.69, 9.17) is 5.11 Å². The molecule has 0 rings (SSSR count). The van der Waals surface area contributed by atoms with Gasteiger partial charge in [-0.3, -0.25) is 0 Å². The highest BCUT2D eigenvalue weighted by Gasteiger charge is 2.04. The van der Waals surface area contributed by atoms with Crippen LogP contribution in [0.2, 0.25) is 0 Å². The van der Waals surface area contributed by atoms with Crippen LogP contribution in [0.5, 0.6) is 0 Å². The van der Waals surface area contributed by atoms with Gasteiger partial charge in [-0.2, -0.15) is 0 Å². The van der Waals surface area contributed by atoms with Crippen LogP contribution >= 0.6 is 0 Å². The van der Waals surface area contributed by atoms with Crippen LogP contribution in [0.25, 0.3) is 0 Å². The third-order valence-corrected chi connectivity index (χ3v) is 2.61. The Kier molecular flexibility index (Phi) is 8.46. The fourth-order valence-corrected chi connectivity index (χ4v) is 1.49. The number of carbonyl (C=O) groups excluding carboxylic acids is 1.